The Hall–Kier alpha value is -3.02. The Morgan fingerprint density at radius 2 is 2.00 bits per heavy atom. The first-order valence-corrected chi connectivity index (χ1v) is 9.18. The third kappa shape index (κ3) is 3.74. The van der Waals surface area contributed by atoms with Gasteiger partial charge in [-0.2, -0.15) is 0 Å². The number of aryl methyl sites for hydroxylation is 1. The van der Waals surface area contributed by atoms with Gasteiger partial charge in [0.15, 0.2) is 0 Å². The molecule has 1 amide bonds. The van der Waals surface area contributed by atoms with E-state index in [1.54, 1.807) is 26.6 Å². The van der Waals surface area contributed by atoms with Gasteiger partial charge in [-0.05, 0) is 48.4 Å². The molecule has 1 aliphatic rings. The number of ether oxygens (including phenoxy) is 1. The Labute approximate surface area is 158 Å². The number of benzene rings is 1. The third-order valence-corrected chi connectivity index (χ3v) is 4.95. The molecule has 0 radical (unpaired) electrons. The monoisotopic (exact) mass is 362 g/mol. The lowest BCUT2D eigenvalue weighted by Crippen LogP contribution is -2.17. The molecule has 2 heterocycles. The molecule has 1 aliphatic carbocycles. The maximum absolute atomic E-state index is 11.5. The molecule has 4 rings (SSSR count). The van der Waals surface area contributed by atoms with Crippen molar-refractivity contribution >= 4 is 16.8 Å². The second-order valence-electron chi connectivity index (χ2n) is 6.85. The van der Waals surface area contributed by atoms with Crippen LogP contribution in [0.4, 0.5) is 0 Å². The molecule has 1 N–H and O–H groups in total. The van der Waals surface area contributed by atoms with E-state index in [4.69, 9.17) is 9.72 Å². The molecular formula is C21H22N4O2. The number of carbonyl (C=O) groups excluding carboxylic acids is 1. The quantitative estimate of drug-likeness (QED) is 0.728. The van der Waals surface area contributed by atoms with E-state index in [-0.39, 0.29) is 5.91 Å². The van der Waals surface area contributed by atoms with Crippen molar-refractivity contribution in [3.8, 4) is 17.3 Å². The fraction of sp³-hybridized carbons (Fsp3) is 0.333. The van der Waals surface area contributed by atoms with E-state index in [9.17, 15) is 4.79 Å². The van der Waals surface area contributed by atoms with Crippen LogP contribution in [-0.2, 0) is 11.2 Å². The fourth-order valence-electron chi connectivity index (χ4n) is 3.27. The van der Waals surface area contributed by atoms with E-state index in [2.05, 4.69) is 39.6 Å². The number of methoxy groups -OCH3 is 1. The minimum absolute atomic E-state index is 0.0471. The lowest BCUT2D eigenvalue weighted by atomic mass is 9.99. The molecule has 6 nitrogen and oxygen atoms in total. The first-order chi connectivity index (χ1) is 13.2. The maximum Gasteiger partial charge on any atom is 0.316 e. The van der Waals surface area contributed by atoms with E-state index in [1.807, 2.05) is 0 Å². The molecule has 27 heavy (non-hydrogen) atoms. The second kappa shape index (κ2) is 7.31. The molecule has 0 atom stereocenters. The normalized spacial score (nSPS) is 13.6. The molecule has 1 fully saturated rings. The Morgan fingerprint density at radius 3 is 2.67 bits per heavy atom. The van der Waals surface area contributed by atoms with E-state index in [0.717, 1.165) is 22.3 Å². The van der Waals surface area contributed by atoms with Crippen LogP contribution in [0.5, 0.6) is 6.01 Å². The molecule has 1 aromatic carbocycles. The number of hydrogen-bond acceptors (Lipinski definition) is 5. The van der Waals surface area contributed by atoms with Crippen molar-refractivity contribution in [2.75, 3.05) is 14.2 Å². The topological polar surface area (TPSA) is 77.0 Å². The predicted molar refractivity (Wildman–Crippen MR) is 104 cm³/mol. The summed E-state index contributed by atoms with van der Waals surface area (Å²) < 4.78 is 5.04. The molecule has 3 aromatic rings. The molecule has 138 valence electrons. The Bertz CT molecular complexity index is 981. The molecule has 6 heteroatoms. The molecule has 0 spiro atoms. The molecule has 0 unspecified atom stereocenters. The first-order valence-electron chi connectivity index (χ1n) is 9.18. The Morgan fingerprint density at radius 1 is 1.22 bits per heavy atom. The summed E-state index contributed by atoms with van der Waals surface area (Å²) in [5.41, 5.74) is 5.15. The highest BCUT2D eigenvalue weighted by atomic mass is 16.5. The highest BCUT2D eigenvalue weighted by Gasteiger charge is 2.26. The standard InChI is InChI=1S/C21H22N4O2/c1-22-20(26)8-4-13-3-7-16-17(14-5-6-14)10-18(25-19(16)9-13)15-11-23-21(27-2)24-12-15/h3,7,9-12,14H,4-6,8H2,1-2H3,(H,22,26). The highest BCUT2D eigenvalue weighted by Crippen LogP contribution is 2.44. The number of fused-ring (bicyclic) bond motifs is 1. The van der Waals surface area contributed by atoms with Crippen molar-refractivity contribution < 1.29 is 9.53 Å². The minimum Gasteiger partial charge on any atom is -0.467 e. The van der Waals surface area contributed by atoms with Crippen LogP contribution >= 0.6 is 0 Å². The zero-order valence-corrected chi connectivity index (χ0v) is 15.5. The summed E-state index contributed by atoms with van der Waals surface area (Å²) in [5.74, 6) is 0.649. The van der Waals surface area contributed by atoms with Gasteiger partial charge in [0.05, 0.1) is 18.3 Å². The largest absolute Gasteiger partial charge is 0.467 e. The van der Waals surface area contributed by atoms with Crippen LogP contribution in [0.2, 0.25) is 0 Å². The van der Waals surface area contributed by atoms with Crippen LogP contribution in [0, 0.1) is 0 Å². The van der Waals surface area contributed by atoms with Crippen molar-refractivity contribution in [2.45, 2.75) is 31.6 Å². The molecule has 0 aliphatic heterocycles. The van der Waals surface area contributed by atoms with Gasteiger partial charge in [-0.3, -0.25) is 4.79 Å². The summed E-state index contributed by atoms with van der Waals surface area (Å²) in [6.45, 7) is 0. The average Bonchev–Trinajstić information content (AvgIpc) is 3.56. The summed E-state index contributed by atoms with van der Waals surface area (Å²) in [4.78, 5) is 24.8. The summed E-state index contributed by atoms with van der Waals surface area (Å²) in [5, 5.41) is 3.86. The third-order valence-electron chi connectivity index (χ3n) is 4.95. The number of hydrogen-bond donors (Lipinski definition) is 1. The number of amides is 1. The number of nitrogens with zero attached hydrogens (tertiary/aromatic N) is 3. The van der Waals surface area contributed by atoms with Crippen LogP contribution < -0.4 is 10.1 Å². The molecular weight excluding hydrogens is 340 g/mol. The molecule has 0 bridgehead atoms. The Kier molecular flexibility index (Phi) is 4.71. The SMILES string of the molecule is CNC(=O)CCc1ccc2c(C3CC3)cc(-c3cnc(OC)nc3)nc2c1. The van der Waals surface area contributed by atoms with E-state index in [0.29, 0.717) is 24.8 Å². The van der Waals surface area contributed by atoms with Crippen LogP contribution in [0.3, 0.4) is 0 Å². The number of carbonyl (C=O) groups is 1. The van der Waals surface area contributed by atoms with Gasteiger partial charge >= 0.3 is 6.01 Å². The molecule has 2 aromatic heterocycles. The summed E-state index contributed by atoms with van der Waals surface area (Å²) in [6, 6.07) is 8.85. The number of aromatic nitrogens is 3. The highest BCUT2D eigenvalue weighted by molar-refractivity contribution is 5.86. The van der Waals surface area contributed by atoms with Gasteiger partial charge in [-0.15, -0.1) is 0 Å². The fourth-order valence-corrected chi connectivity index (χ4v) is 3.27. The van der Waals surface area contributed by atoms with Gasteiger partial charge in [0.1, 0.15) is 0 Å². The predicted octanol–water partition coefficient (Wildman–Crippen LogP) is 3.26. The maximum atomic E-state index is 11.5. The van der Waals surface area contributed by atoms with Gasteiger partial charge in [-0.1, -0.05) is 12.1 Å². The van der Waals surface area contributed by atoms with Crippen LogP contribution in [0.1, 0.15) is 36.3 Å². The smallest absolute Gasteiger partial charge is 0.316 e. The van der Waals surface area contributed by atoms with Gasteiger partial charge in [-0.25, -0.2) is 15.0 Å². The lowest BCUT2D eigenvalue weighted by Gasteiger charge is -2.11. The van der Waals surface area contributed by atoms with Crippen LogP contribution in [0.15, 0.2) is 36.7 Å². The van der Waals surface area contributed by atoms with Crippen molar-refractivity contribution in [1.29, 1.82) is 0 Å². The number of nitrogens with one attached hydrogen (secondary N) is 1. The van der Waals surface area contributed by atoms with Gasteiger partial charge in [0.25, 0.3) is 0 Å². The van der Waals surface area contributed by atoms with Gasteiger partial charge < -0.3 is 10.1 Å². The van der Waals surface area contributed by atoms with E-state index < -0.39 is 0 Å². The van der Waals surface area contributed by atoms with Gasteiger partial charge in [0.2, 0.25) is 5.91 Å². The lowest BCUT2D eigenvalue weighted by molar-refractivity contribution is -0.120. The zero-order chi connectivity index (χ0) is 18.8. The molecule has 1 saturated carbocycles. The molecule has 0 saturated heterocycles. The van der Waals surface area contributed by atoms with Crippen LogP contribution in [-0.4, -0.2) is 35.0 Å². The number of pyridine rings is 1. The summed E-state index contributed by atoms with van der Waals surface area (Å²) >= 11 is 0. The van der Waals surface area contributed by atoms with Crippen molar-refractivity contribution in [3.05, 3.63) is 47.8 Å². The summed E-state index contributed by atoms with van der Waals surface area (Å²) in [6.07, 6.45) is 7.10. The van der Waals surface area contributed by atoms with Crippen molar-refractivity contribution in [2.24, 2.45) is 0 Å². The minimum atomic E-state index is 0.0471. The second-order valence-corrected chi connectivity index (χ2v) is 6.85. The van der Waals surface area contributed by atoms with Crippen molar-refractivity contribution in [1.82, 2.24) is 20.3 Å². The van der Waals surface area contributed by atoms with E-state index in [1.165, 1.54) is 23.8 Å². The zero-order valence-electron chi connectivity index (χ0n) is 15.5. The van der Waals surface area contributed by atoms with Crippen LogP contribution in [0.25, 0.3) is 22.2 Å². The van der Waals surface area contributed by atoms with E-state index >= 15 is 0 Å². The first kappa shape index (κ1) is 17.4. The average molecular weight is 362 g/mol. The number of rotatable bonds is 6. The summed E-state index contributed by atoms with van der Waals surface area (Å²) in [7, 11) is 3.21. The van der Waals surface area contributed by atoms with Gasteiger partial charge in [0, 0.05) is 36.8 Å². The Balaban J connectivity index is 1.74. The van der Waals surface area contributed by atoms with Crippen molar-refractivity contribution in [3.63, 3.8) is 0 Å².